The zero-order chi connectivity index (χ0) is 9.52. The lowest BCUT2D eigenvalue weighted by Crippen LogP contribution is -2.13. The highest BCUT2D eigenvalue weighted by Gasteiger charge is 1.93. The van der Waals surface area contributed by atoms with Gasteiger partial charge in [-0.3, -0.25) is 0 Å². The summed E-state index contributed by atoms with van der Waals surface area (Å²) in [7, 11) is 0. The summed E-state index contributed by atoms with van der Waals surface area (Å²) in [6, 6.07) is 9.91. The molecule has 0 radical (unpaired) electrons. The first-order valence-corrected chi connectivity index (χ1v) is 4.28. The lowest BCUT2D eigenvalue weighted by atomic mass is 10.1. The monoisotopic (exact) mass is 178 g/mol. The van der Waals surface area contributed by atoms with Gasteiger partial charge in [0.15, 0.2) is 0 Å². The third-order valence-electron chi connectivity index (χ3n) is 1.66. The number of hydrazone groups is 1. The van der Waals surface area contributed by atoms with Gasteiger partial charge in [-0.15, -0.1) is 0 Å². The van der Waals surface area contributed by atoms with E-state index in [9.17, 15) is 0 Å². The van der Waals surface area contributed by atoms with Crippen molar-refractivity contribution in [3.63, 3.8) is 0 Å². The predicted molar refractivity (Wildman–Crippen MR) is 53.7 cm³/mol. The molecule has 1 rings (SSSR count). The van der Waals surface area contributed by atoms with Crippen LogP contribution >= 0.6 is 0 Å². The van der Waals surface area contributed by atoms with Crippen LogP contribution in [0.3, 0.4) is 0 Å². The van der Waals surface area contributed by atoms with Gasteiger partial charge < -0.3 is 10.5 Å². The van der Waals surface area contributed by atoms with Crippen LogP contribution in [-0.2, 0) is 0 Å². The van der Waals surface area contributed by atoms with Crippen molar-refractivity contribution in [2.75, 3.05) is 13.2 Å². The lowest BCUT2D eigenvalue weighted by Gasteiger charge is -2.01. The summed E-state index contributed by atoms with van der Waals surface area (Å²) < 4.78 is 0. The first-order chi connectivity index (χ1) is 6.34. The van der Waals surface area contributed by atoms with E-state index in [2.05, 4.69) is 10.5 Å². The fraction of sp³-hybridized carbons (Fsp3) is 0.300. The van der Waals surface area contributed by atoms with Crippen LogP contribution in [-0.4, -0.2) is 24.0 Å². The SMILES string of the molecule is C/C(=N\NCCO)c1ccccc1. The molecule has 0 atom stereocenters. The second-order valence-electron chi connectivity index (χ2n) is 2.69. The molecule has 1 aromatic rings. The van der Waals surface area contributed by atoms with Crippen LogP contribution in [0.1, 0.15) is 12.5 Å². The topological polar surface area (TPSA) is 44.6 Å². The van der Waals surface area contributed by atoms with Gasteiger partial charge in [0.25, 0.3) is 0 Å². The van der Waals surface area contributed by atoms with E-state index in [-0.39, 0.29) is 6.61 Å². The maximum atomic E-state index is 8.52. The molecule has 0 saturated heterocycles. The van der Waals surface area contributed by atoms with Crippen molar-refractivity contribution < 1.29 is 5.11 Å². The van der Waals surface area contributed by atoms with Crippen molar-refractivity contribution in [3.05, 3.63) is 35.9 Å². The number of benzene rings is 1. The fourth-order valence-electron chi connectivity index (χ4n) is 0.968. The fourth-order valence-corrected chi connectivity index (χ4v) is 0.968. The van der Waals surface area contributed by atoms with Gasteiger partial charge in [0.2, 0.25) is 0 Å². The van der Waals surface area contributed by atoms with Crippen LogP contribution in [0, 0.1) is 0 Å². The molecule has 1 aromatic carbocycles. The molecule has 0 aliphatic heterocycles. The second-order valence-corrected chi connectivity index (χ2v) is 2.69. The van der Waals surface area contributed by atoms with Crippen LogP contribution in [0.5, 0.6) is 0 Å². The smallest absolute Gasteiger partial charge is 0.0644 e. The number of hydrogen-bond donors (Lipinski definition) is 2. The Hall–Kier alpha value is -1.35. The predicted octanol–water partition coefficient (Wildman–Crippen LogP) is 0.992. The molecular formula is C10H14N2O. The standard InChI is InChI=1S/C10H14N2O/c1-9(12-11-7-8-13)10-5-3-2-4-6-10/h2-6,11,13H,7-8H2,1H3/b12-9+. The van der Waals surface area contributed by atoms with Crippen molar-refractivity contribution in [1.82, 2.24) is 5.43 Å². The maximum absolute atomic E-state index is 8.52. The van der Waals surface area contributed by atoms with Crippen molar-refractivity contribution >= 4 is 5.71 Å². The van der Waals surface area contributed by atoms with Crippen LogP contribution in [0.15, 0.2) is 35.4 Å². The van der Waals surface area contributed by atoms with Crippen molar-refractivity contribution in [2.45, 2.75) is 6.92 Å². The van der Waals surface area contributed by atoms with Crippen molar-refractivity contribution in [3.8, 4) is 0 Å². The summed E-state index contributed by atoms with van der Waals surface area (Å²) in [6.07, 6.45) is 0. The van der Waals surface area contributed by atoms with E-state index in [0.717, 1.165) is 11.3 Å². The molecule has 0 fully saturated rings. The van der Waals surface area contributed by atoms with E-state index < -0.39 is 0 Å². The van der Waals surface area contributed by atoms with E-state index in [4.69, 9.17) is 5.11 Å². The summed E-state index contributed by atoms with van der Waals surface area (Å²) >= 11 is 0. The summed E-state index contributed by atoms with van der Waals surface area (Å²) in [5, 5.41) is 12.6. The van der Waals surface area contributed by atoms with Crippen molar-refractivity contribution in [1.29, 1.82) is 0 Å². The second kappa shape index (κ2) is 5.32. The Kier molecular flexibility index (Phi) is 3.99. The van der Waals surface area contributed by atoms with E-state index in [1.54, 1.807) is 0 Å². The van der Waals surface area contributed by atoms with E-state index in [1.165, 1.54) is 0 Å². The zero-order valence-corrected chi connectivity index (χ0v) is 7.70. The summed E-state index contributed by atoms with van der Waals surface area (Å²) in [6.45, 7) is 2.52. The number of rotatable bonds is 4. The normalized spacial score (nSPS) is 11.4. The van der Waals surface area contributed by atoms with Gasteiger partial charge >= 0.3 is 0 Å². The Morgan fingerprint density at radius 1 is 1.38 bits per heavy atom. The molecule has 3 heteroatoms. The van der Waals surface area contributed by atoms with Crippen molar-refractivity contribution in [2.24, 2.45) is 5.10 Å². The minimum absolute atomic E-state index is 0.103. The third-order valence-corrected chi connectivity index (χ3v) is 1.66. The quantitative estimate of drug-likeness (QED) is 0.410. The average Bonchev–Trinajstić information content (AvgIpc) is 2.19. The van der Waals surface area contributed by atoms with Gasteiger partial charge in [0.1, 0.15) is 0 Å². The molecule has 0 aromatic heterocycles. The molecule has 3 nitrogen and oxygen atoms in total. The Morgan fingerprint density at radius 3 is 2.69 bits per heavy atom. The average molecular weight is 178 g/mol. The van der Waals surface area contributed by atoms with Crippen LogP contribution in [0.2, 0.25) is 0 Å². The minimum Gasteiger partial charge on any atom is -0.394 e. The molecule has 0 aliphatic carbocycles. The van der Waals surface area contributed by atoms with E-state index >= 15 is 0 Å². The molecular weight excluding hydrogens is 164 g/mol. The van der Waals surface area contributed by atoms with E-state index in [1.807, 2.05) is 37.3 Å². The van der Waals surface area contributed by atoms with E-state index in [0.29, 0.717) is 6.54 Å². The highest BCUT2D eigenvalue weighted by atomic mass is 16.3. The summed E-state index contributed by atoms with van der Waals surface area (Å²) in [5.41, 5.74) is 4.79. The van der Waals surface area contributed by atoms with Gasteiger partial charge in [0.05, 0.1) is 18.9 Å². The molecule has 13 heavy (non-hydrogen) atoms. The molecule has 0 amide bonds. The molecule has 70 valence electrons. The molecule has 0 spiro atoms. The molecule has 2 N–H and O–H groups in total. The Morgan fingerprint density at radius 2 is 2.08 bits per heavy atom. The molecule has 0 heterocycles. The van der Waals surface area contributed by atoms with Gasteiger partial charge in [-0.05, 0) is 12.5 Å². The van der Waals surface area contributed by atoms with Crippen LogP contribution in [0.4, 0.5) is 0 Å². The highest BCUT2D eigenvalue weighted by molar-refractivity contribution is 5.98. The first kappa shape index (κ1) is 9.74. The summed E-state index contributed by atoms with van der Waals surface area (Å²) in [5.74, 6) is 0. The first-order valence-electron chi connectivity index (χ1n) is 4.28. The Labute approximate surface area is 78.1 Å². The van der Waals surface area contributed by atoms with Gasteiger partial charge in [-0.25, -0.2) is 0 Å². The van der Waals surface area contributed by atoms with Crippen LogP contribution in [0.25, 0.3) is 0 Å². The molecule has 0 saturated carbocycles. The lowest BCUT2D eigenvalue weighted by molar-refractivity contribution is 0.293. The minimum atomic E-state index is 0.103. The van der Waals surface area contributed by atoms with Crippen LogP contribution < -0.4 is 5.43 Å². The number of aliphatic hydroxyl groups excluding tert-OH is 1. The van der Waals surface area contributed by atoms with Gasteiger partial charge in [-0.1, -0.05) is 30.3 Å². The Bertz CT molecular complexity index is 270. The highest BCUT2D eigenvalue weighted by Crippen LogP contribution is 1.99. The largest absolute Gasteiger partial charge is 0.394 e. The van der Waals surface area contributed by atoms with Gasteiger partial charge in [-0.2, -0.15) is 5.10 Å². The zero-order valence-electron chi connectivity index (χ0n) is 7.70. The molecule has 0 aliphatic rings. The molecule has 0 unspecified atom stereocenters. The molecule has 0 bridgehead atoms. The third kappa shape index (κ3) is 3.25. The number of hydrogen-bond acceptors (Lipinski definition) is 3. The number of nitrogens with one attached hydrogen (secondary N) is 1. The summed E-state index contributed by atoms with van der Waals surface area (Å²) in [4.78, 5) is 0. The Balaban J connectivity index is 2.57. The maximum Gasteiger partial charge on any atom is 0.0644 e. The number of aliphatic hydroxyl groups is 1. The number of nitrogens with zero attached hydrogens (tertiary/aromatic N) is 1. The van der Waals surface area contributed by atoms with Gasteiger partial charge in [0, 0.05) is 0 Å².